The molecule has 0 saturated carbocycles. The van der Waals surface area contributed by atoms with Gasteiger partial charge in [-0.2, -0.15) is 0 Å². The molecule has 0 saturated heterocycles. The molecule has 1 heterocycles. The van der Waals surface area contributed by atoms with Crippen molar-refractivity contribution in [1.29, 1.82) is 0 Å². The van der Waals surface area contributed by atoms with Crippen molar-refractivity contribution in [3.8, 4) is 5.75 Å². The van der Waals surface area contributed by atoms with Crippen LogP contribution >= 0.6 is 0 Å². The van der Waals surface area contributed by atoms with Crippen LogP contribution in [0, 0.1) is 0 Å². The molecule has 1 aromatic rings. The highest BCUT2D eigenvalue weighted by Crippen LogP contribution is 2.32. The van der Waals surface area contributed by atoms with E-state index in [-0.39, 0.29) is 12.6 Å². The first kappa shape index (κ1) is 13.8. The van der Waals surface area contributed by atoms with Crippen LogP contribution < -0.4 is 4.74 Å². The number of carbonyl (C=O) groups is 1. The topological polar surface area (TPSA) is 35.5 Å². The van der Waals surface area contributed by atoms with Gasteiger partial charge in [0.1, 0.15) is 18.0 Å². The monoisotopic (exact) mass is 266 g/mol. The molecule has 2 rings (SSSR count). The average Bonchev–Trinajstić information content (AvgIpc) is 2.35. The third-order valence-electron chi connectivity index (χ3n) is 3.14. The lowest BCUT2D eigenvalue weighted by molar-refractivity contribution is -0.143. The van der Waals surface area contributed by atoms with E-state index in [9.17, 15) is 9.18 Å². The van der Waals surface area contributed by atoms with E-state index >= 15 is 0 Å². The van der Waals surface area contributed by atoms with E-state index < -0.39 is 5.67 Å². The molecule has 1 aliphatic heterocycles. The summed E-state index contributed by atoms with van der Waals surface area (Å²) in [4.78, 5) is 11.3. The summed E-state index contributed by atoms with van der Waals surface area (Å²) in [6.07, 6.45) is 1.31. The van der Waals surface area contributed by atoms with Crippen LogP contribution in [0.25, 0.3) is 0 Å². The highest BCUT2D eigenvalue weighted by Gasteiger charge is 2.30. The molecule has 0 fully saturated rings. The highest BCUT2D eigenvalue weighted by molar-refractivity contribution is 5.69. The van der Waals surface area contributed by atoms with Gasteiger partial charge in [-0.1, -0.05) is 12.1 Å². The van der Waals surface area contributed by atoms with E-state index in [1.165, 1.54) is 0 Å². The van der Waals surface area contributed by atoms with Crippen LogP contribution in [0.2, 0.25) is 0 Å². The first-order valence-corrected chi connectivity index (χ1v) is 6.59. The van der Waals surface area contributed by atoms with Gasteiger partial charge in [0, 0.05) is 12.8 Å². The minimum absolute atomic E-state index is 0.0994. The number of rotatable bonds is 4. The Morgan fingerprint density at radius 1 is 1.53 bits per heavy atom. The van der Waals surface area contributed by atoms with E-state index in [1.807, 2.05) is 18.2 Å². The summed E-state index contributed by atoms with van der Waals surface area (Å²) in [6, 6.07) is 5.69. The Morgan fingerprint density at radius 3 is 3.05 bits per heavy atom. The summed E-state index contributed by atoms with van der Waals surface area (Å²) in [7, 11) is 0. The molecule has 0 aliphatic carbocycles. The fourth-order valence-corrected chi connectivity index (χ4v) is 2.22. The third kappa shape index (κ3) is 3.69. The van der Waals surface area contributed by atoms with E-state index in [0.29, 0.717) is 25.9 Å². The zero-order valence-electron chi connectivity index (χ0n) is 11.4. The molecule has 0 aromatic heterocycles. The Labute approximate surface area is 112 Å². The van der Waals surface area contributed by atoms with Crippen molar-refractivity contribution in [2.24, 2.45) is 0 Å². The van der Waals surface area contributed by atoms with Gasteiger partial charge in [0.15, 0.2) is 0 Å². The molecule has 104 valence electrons. The molecule has 1 atom stereocenters. The normalized spacial score (nSPS) is 21.4. The molecule has 0 radical (unpaired) electrons. The van der Waals surface area contributed by atoms with Gasteiger partial charge < -0.3 is 9.47 Å². The maximum atomic E-state index is 13.9. The first-order valence-electron chi connectivity index (χ1n) is 6.59. The van der Waals surface area contributed by atoms with E-state index in [2.05, 4.69) is 0 Å². The van der Waals surface area contributed by atoms with Crippen molar-refractivity contribution in [3.05, 3.63) is 29.3 Å². The fraction of sp³-hybridized carbons (Fsp3) is 0.533. The standard InChI is InChI=1S/C15H19FO3/c1-3-18-14(17)7-5-11-4-6-13-12(8-11)9-15(2,16)10-19-13/h4,6,8H,3,5,7,9-10H2,1-2H3. The third-order valence-corrected chi connectivity index (χ3v) is 3.14. The molecule has 0 N–H and O–H groups in total. The second kappa shape index (κ2) is 5.59. The minimum atomic E-state index is -1.31. The minimum Gasteiger partial charge on any atom is -0.490 e. The second-order valence-electron chi connectivity index (χ2n) is 5.13. The van der Waals surface area contributed by atoms with Crippen molar-refractivity contribution in [2.45, 2.75) is 38.8 Å². The SMILES string of the molecule is CCOC(=O)CCc1ccc2c(c1)CC(C)(F)CO2. The lowest BCUT2D eigenvalue weighted by atomic mass is 9.93. The Hall–Kier alpha value is -1.58. The van der Waals surface area contributed by atoms with Crippen molar-refractivity contribution < 1.29 is 18.7 Å². The molecule has 0 spiro atoms. The molecule has 1 aliphatic rings. The van der Waals surface area contributed by atoms with Crippen LogP contribution in [-0.2, 0) is 22.4 Å². The number of aryl methyl sites for hydroxylation is 1. The molecule has 0 bridgehead atoms. The molecule has 0 amide bonds. The zero-order chi connectivity index (χ0) is 13.9. The van der Waals surface area contributed by atoms with Gasteiger partial charge in [0.2, 0.25) is 0 Å². The van der Waals surface area contributed by atoms with Crippen LogP contribution in [0.3, 0.4) is 0 Å². The number of hydrogen-bond acceptors (Lipinski definition) is 3. The van der Waals surface area contributed by atoms with Crippen LogP contribution in [0.5, 0.6) is 5.75 Å². The second-order valence-corrected chi connectivity index (χ2v) is 5.13. The molecule has 19 heavy (non-hydrogen) atoms. The smallest absolute Gasteiger partial charge is 0.306 e. The molecule has 1 aromatic carbocycles. The van der Waals surface area contributed by atoms with Crippen molar-refractivity contribution in [2.75, 3.05) is 13.2 Å². The molecule has 1 unspecified atom stereocenters. The fourth-order valence-electron chi connectivity index (χ4n) is 2.22. The van der Waals surface area contributed by atoms with Gasteiger partial charge in [-0.25, -0.2) is 4.39 Å². The Kier molecular flexibility index (Phi) is 4.08. The largest absolute Gasteiger partial charge is 0.490 e. The Balaban J connectivity index is 2.02. The predicted octanol–water partition coefficient (Wildman–Crippen LogP) is 2.85. The number of halogens is 1. The van der Waals surface area contributed by atoms with Gasteiger partial charge in [-0.3, -0.25) is 4.79 Å². The van der Waals surface area contributed by atoms with Crippen molar-refractivity contribution in [1.82, 2.24) is 0 Å². The quantitative estimate of drug-likeness (QED) is 0.786. The number of hydrogen-bond donors (Lipinski definition) is 0. The van der Waals surface area contributed by atoms with Gasteiger partial charge >= 0.3 is 5.97 Å². The highest BCUT2D eigenvalue weighted by atomic mass is 19.1. The average molecular weight is 266 g/mol. The molecular weight excluding hydrogens is 247 g/mol. The van der Waals surface area contributed by atoms with E-state index in [0.717, 1.165) is 16.9 Å². The van der Waals surface area contributed by atoms with E-state index in [4.69, 9.17) is 9.47 Å². The zero-order valence-corrected chi connectivity index (χ0v) is 11.4. The number of fused-ring (bicyclic) bond motifs is 1. The summed E-state index contributed by atoms with van der Waals surface area (Å²) >= 11 is 0. The summed E-state index contributed by atoms with van der Waals surface area (Å²) in [5.74, 6) is 0.543. The Bertz CT molecular complexity index is 468. The number of esters is 1. The van der Waals surface area contributed by atoms with Gasteiger partial charge in [0.05, 0.1) is 6.61 Å². The van der Waals surface area contributed by atoms with Gasteiger partial charge in [-0.05, 0) is 37.5 Å². The van der Waals surface area contributed by atoms with E-state index in [1.54, 1.807) is 13.8 Å². The lowest BCUT2D eigenvalue weighted by Gasteiger charge is -2.28. The van der Waals surface area contributed by atoms with Crippen LogP contribution in [-0.4, -0.2) is 24.9 Å². The van der Waals surface area contributed by atoms with Gasteiger partial charge in [0.25, 0.3) is 0 Å². The summed E-state index contributed by atoms with van der Waals surface area (Å²) in [5.41, 5.74) is 0.568. The van der Waals surface area contributed by atoms with Crippen molar-refractivity contribution >= 4 is 5.97 Å². The molecule has 4 heteroatoms. The Morgan fingerprint density at radius 2 is 2.32 bits per heavy atom. The summed E-state index contributed by atoms with van der Waals surface area (Å²) in [6.45, 7) is 3.83. The lowest BCUT2D eigenvalue weighted by Crippen LogP contribution is -2.34. The first-order chi connectivity index (χ1) is 9.00. The molecule has 3 nitrogen and oxygen atoms in total. The number of alkyl halides is 1. The van der Waals surface area contributed by atoms with Crippen LogP contribution in [0.1, 0.15) is 31.4 Å². The van der Waals surface area contributed by atoms with Crippen LogP contribution in [0.15, 0.2) is 18.2 Å². The predicted molar refractivity (Wildman–Crippen MR) is 70.1 cm³/mol. The van der Waals surface area contributed by atoms with Gasteiger partial charge in [-0.15, -0.1) is 0 Å². The summed E-state index contributed by atoms with van der Waals surface area (Å²) in [5, 5.41) is 0. The maximum Gasteiger partial charge on any atom is 0.306 e. The van der Waals surface area contributed by atoms with Crippen molar-refractivity contribution in [3.63, 3.8) is 0 Å². The number of benzene rings is 1. The summed E-state index contributed by atoms with van der Waals surface area (Å²) < 4.78 is 24.2. The molecular formula is C15H19FO3. The van der Waals surface area contributed by atoms with Crippen LogP contribution in [0.4, 0.5) is 4.39 Å². The number of carbonyl (C=O) groups excluding carboxylic acids is 1. The maximum absolute atomic E-state index is 13.9. The number of ether oxygens (including phenoxy) is 2.